The smallest absolute Gasteiger partial charge is 0.421 e. The van der Waals surface area contributed by atoms with E-state index in [1.165, 1.54) is 123 Å². The normalized spacial score (nSPS) is 15.6. The van der Waals surface area contributed by atoms with E-state index in [2.05, 4.69) is 469 Å². The van der Waals surface area contributed by atoms with Crippen molar-refractivity contribution < 1.29 is 22.2 Å². The molecule has 0 spiro atoms. The molecule has 12 aromatic rings. The second-order valence-electron chi connectivity index (χ2n) is 38.8. The van der Waals surface area contributed by atoms with Gasteiger partial charge in [0, 0.05) is 80.2 Å². The van der Waals surface area contributed by atoms with Crippen molar-refractivity contribution in [3.05, 3.63) is 305 Å². The minimum Gasteiger partial charge on any atom is -0.436 e. The second kappa shape index (κ2) is 35.1. The Labute approximate surface area is 741 Å². The summed E-state index contributed by atoms with van der Waals surface area (Å²) in [5.74, 6) is 11.9. The Balaban J connectivity index is 0.000000139. The first-order chi connectivity index (χ1) is 59.5. The van der Waals surface area contributed by atoms with Gasteiger partial charge in [-0.25, -0.2) is 27.8 Å². The van der Waals surface area contributed by atoms with Crippen molar-refractivity contribution >= 4 is 101 Å². The van der Waals surface area contributed by atoms with Crippen LogP contribution in [0, 0.1) is 30.0 Å². The summed E-state index contributed by atoms with van der Waals surface area (Å²) in [6.45, 7) is 41.9. The van der Waals surface area contributed by atoms with E-state index in [9.17, 15) is 0 Å². The average molecular weight is 1640 g/mol. The number of aryl methyl sites for hydroxylation is 5. The lowest BCUT2D eigenvalue weighted by Crippen LogP contribution is -2.62. The van der Waals surface area contributed by atoms with Gasteiger partial charge >= 0.3 is 27.5 Å². The van der Waals surface area contributed by atoms with Crippen molar-refractivity contribution in [1.82, 2.24) is 23.8 Å². The lowest BCUT2D eigenvalue weighted by Gasteiger charge is -2.42. The van der Waals surface area contributed by atoms with Crippen LogP contribution in [-0.2, 0) is 21.1 Å². The Hall–Kier alpha value is -11.4. The number of nitrogens with zero attached hydrogens (tertiary/aromatic N) is 12. The molecule has 0 bridgehead atoms. The third-order valence-electron chi connectivity index (χ3n) is 25.8. The van der Waals surface area contributed by atoms with Gasteiger partial charge in [0.1, 0.15) is 43.2 Å². The van der Waals surface area contributed by atoms with Crippen LogP contribution in [0.25, 0.3) is 67.5 Å². The van der Waals surface area contributed by atoms with E-state index in [0.29, 0.717) is 41.3 Å². The van der Waals surface area contributed by atoms with Crippen molar-refractivity contribution in [2.75, 3.05) is 54.5 Å². The molecule has 0 radical (unpaired) electrons. The zero-order chi connectivity index (χ0) is 90.8. The SMILES string of the molecule is CC(C)c1cc(-c2ccccc2)cc(C(C)C)c1-n1cc[n+](C)c1B1C=C(C(C)(C)C)c2ccccc2N1C.CC(C)c1cccc(C(C)C)c1-n1cc[n+](C)c1B1C=C(C(C)(C)C)c2ccccc2N1C.C[C@H]1N(C)C=CN1B1C=C(C(C)(C)C)c2ccccc2N1C.[2H]C([2H])([2H])c1ccc2c3c(oc2n1)C=CB(c1cc(C)c(-c2ccccc2)c[n+]1C)N3C. The fourth-order valence-corrected chi connectivity index (χ4v) is 18.9. The van der Waals surface area contributed by atoms with Gasteiger partial charge in [-0.3, -0.25) is 0 Å². The van der Waals surface area contributed by atoms with Gasteiger partial charge in [0.25, 0.3) is 0 Å². The molecule has 5 aromatic heterocycles. The molecule has 17 rings (SSSR count). The van der Waals surface area contributed by atoms with E-state index in [1.54, 1.807) is 12.1 Å². The number of hydrogen-bond donors (Lipinski definition) is 0. The molecular formula is C106H131B4N12O+3. The Morgan fingerprint density at radius 3 is 1.35 bits per heavy atom. The van der Waals surface area contributed by atoms with Crippen molar-refractivity contribution in [2.24, 2.45) is 37.4 Å². The molecule has 0 aliphatic carbocycles. The zero-order valence-electron chi connectivity index (χ0n) is 81.2. The van der Waals surface area contributed by atoms with Gasteiger partial charge < -0.3 is 33.4 Å². The van der Waals surface area contributed by atoms with Crippen LogP contribution in [0.2, 0.25) is 0 Å². The number of allylic oxidation sites excluding steroid dienone is 3. The van der Waals surface area contributed by atoms with Crippen LogP contribution in [0.3, 0.4) is 0 Å². The highest BCUT2D eigenvalue weighted by atomic mass is 16.3. The van der Waals surface area contributed by atoms with Crippen molar-refractivity contribution in [2.45, 2.75) is 168 Å². The van der Waals surface area contributed by atoms with E-state index in [-0.39, 0.29) is 49.5 Å². The summed E-state index contributed by atoms with van der Waals surface area (Å²) >= 11 is 0. The van der Waals surface area contributed by atoms with Crippen LogP contribution in [0.5, 0.6) is 0 Å². The van der Waals surface area contributed by atoms with Crippen LogP contribution in [0.1, 0.15) is 208 Å². The standard InChI is InChI=1S/C35H43BN3.C29H39BN3.C24H23BN3O.C18H26BN3/c1-24(2)29-21-27(26-15-11-10-12-16-26)22-30(25(3)4)33(29)39-20-19-37(8)34(39)36-23-31(35(5,6)7)28-17-13-14-18-32(28)38(36)9;1-20(2)22-14-12-15-23(21(3)4)27(22)33-18-17-31(8)28(33)30-19-25(29(5,6)7)24-13-10-11-16-26(24)32(30)9;1-16-14-22(27(3)15-20(16)18-8-6-5-7-9-18)25-13-12-21-23(28(25)4)19-11-10-17(2)26-24(19)29-21;1-14-20(5)11-12-22(14)19-13-16(18(2,3)4)15-9-7-8-10-17(15)21(19)6/h10-25H,1-9H3;10-21H,1-9H3;5-15H,1-4H3;7-14H,1-6H3/q3*+1;/t;;;14-/m...0/s1/i;;2D3;. The molecule has 7 aromatic carbocycles. The minimum absolute atomic E-state index is 0.000819. The molecule has 1 atom stereocenters. The molecule has 5 aliphatic rings. The van der Waals surface area contributed by atoms with Gasteiger partial charge in [0.2, 0.25) is 17.2 Å². The summed E-state index contributed by atoms with van der Waals surface area (Å²) in [5, 5.41) is 0.810. The van der Waals surface area contributed by atoms with Gasteiger partial charge in [-0.05, 0) is 193 Å². The highest BCUT2D eigenvalue weighted by Gasteiger charge is 2.45. The van der Waals surface area contributed by atoms with Gasteiger partial charge in [0.05, 0.1) is 31.3 Å². The first-order valence-corrected chi connectivity index (χ1v) is 44.3. The number of hydrogen-bond acceptors (Lipinski definition) is 8. The summed E-state index contributed by atoms with van der Waals surface area (Å²) < 4.78 is 40.5. The number of para-hydroxylation sites is 4. The predicted molar refractivity (Wildman–Crippen MR) is 527 cm³/mol. The maximum absolute atomic E-state index is 7.62. The number of imidazole rings is 2. The monoisotopic (exact) mass is 1640 g/mol. The topological polar surface area (TPSA) is 67.0 Å². The van der Waals surface area contributed by atoms with E-state index in [1.807, 2.05) is 19.2 Å². The third-order valence-corrected chi connectivity index (χ3v) is 25.8. The van der Waals surface area contributed by atoms with Crippen molar-refractivity contribution in [3.63, 3.8) is 0 Å². The van der Waals surface area contributed by atoms with Gasteiger partial charge in [0.15, 0.2) is 17.6 Å². The summed E-state index contributed by atoms with van der Waals surface area (Å²) in [7, 11) is 17.3. The average Bonchev–Trinajstić information content (AvgIpc) is 1.46. The first-order valence-electron chi connectivity index (χ1n) is 45.8. The quantitative estimate of drug-likeness (QED) is 0.0885. The summed E-state index contributed by atoms with van der Waals surface area (Å²) in [6, 6.07) is 64.9. The largest absolute Gasteiger partial charge is 0.436 e. The van der Waals surface area contributed by atoms with E-state index >= 15 is 0 Å². The van der Waals surface area contributed by atoms with E-state index in [0.717, 1.165) is 16.7 Å². The first kappa shape index (κ1) is 83.8. The van der Waals surface area contributed by atoms with Gasteiger partial charge in [-0.15, -0.1) is 0 Å². The number of pyridine rings is 2. The van der Waals surface area contributed by atoms with Crippen LogP contribution in [0.15, 0.2) is 254 Å². The maximum atomic E-state index is 7.62. The van der Waals surface area contributed by atoms with Crippen molar-refractivity contribution in [1.29, 1.82) is 0 Å². The Kier molecular flexibility index (Phi) is 23.9. The molecule has 5 aliphatic heterocycles. The highest BCUT2D eigenvalue weighted by molar-refractivity contribution is 6.82. The zero-order valence-corrected chi connectivity index (χ0v) is 78.2. The Bertz CT molecular complexity index is 6110. The number of anilines is 4. The van der Waals surface area contributed by atoms with Crippen LogP contribution >= 0.6 is 0 Å². The molecule has 0 N–H and O–H groups in total. The number of furan rings is 1. The van der Waals surface area contributed by atoms with Crippen molar-refractivity contribution in [3.8, 4) is 33.6 Å². The molecule has 10 heterocycles. The maximum Gasteiger partial charge on any atom is 0.421 e. The molecule has 0 amide bonds. The summed E-state index contributed by atoms with van der Waals surface area (Å²) in [6.07, 6.45) is 17.8. The second-order valence-corrected chi connectivity index (χ2v) is 38.8. The lowest BCUT2D eigenvalue weighted by atomic mass is 9.53. The predicted octanol–water partition coefficient (Wildman–Crippen LogP) is 20.9. The summed E-state index contributed by atoms with van der Waals surface area (Å²) in [4.78, 5) is 18.4. The molecule has 17 heteroatoms. The number of benzene rings is 7. The molecular weight excluding hydrogens is 1500 g/mol. The molecule has 123 heavy (non-hydrogen) atoms. The van der Waals surface area contributed by atoms with Gasteiger partial charge in [-0.1, -0.05) is 275 Å². The van der Waals surface area contributed by atoms with Gasteiger partial charge in [-0.2, -0.15) is 0 Å². The molecule has 13 nitrogen and oxygen atoms in total. The highest BCUT2D eigenvalue weighted by Crippen LogP contribution is 2.47. The molecule has 0 fully saturated rings. The molecule has 0 saturated heterocycles. The Morgan fingerprint density at radius 1 is 0.447 bits per heavy atom. The van der Waals surface area contributed by atoms with Crippen LogP contribution in [0.4, 0.5) is 22.7 Å². The van der Waals surface area contributed by atoms with Crippen LogP contribution < -0.4 is 50.0 Å². The number of fused-ring (bicyclic) bond motifs is 6. The minimum atomic E-state index is -2.27. The fourth-order valence-electron chi connectivity index (χ4n) is 18.9. The summed E-state index contributed by atoms with van der Waals surface area (Å²) in [5.41, 5.74) is 31.8. The van der Waals surface area contributed by atoms with E-state index in [4.69, 9.17) is 8.53 Å². The Morgan fingerprint density at radius 2 is 0.894 bits per heavy atom. The van der Waals surface area contributed by atoms with Crippen LogP contribution in [-0.4, -0.2) is 92.8 Å². The molecule has 0 saturated carbocycles. The molecule has 630 valence electrons. The molecule has 0 unspecified atom stereocenters. The number of rotatable bonds is 12. The fraction of sp³-hybridized carbons (Fsp3) is 0.340. The number of aromatic nitrogens is 6. The van der Waals surface area contributed by atoms with E-state index < -0.39 is 6.85 Å². The lowest BCUT2D eigenvalue weighted by molar-refractivity contribution is -0.653. The third kappa shape index (κ3) is 17.3.